The quantitative estimate of drug-likeness (QED) is 0.0963. The number of rotatable bonds is 6. The lowest BCUT2D eigenvalue weighted by Gasteiger charge is -2.49. The molecule has 0 radical (unpaired) electrons. The van der Waals surface area contributed by atoms with E-state index in [0.717, 1.165) is 68.1 Å². The van der Waals surface area contributed by atoms with Gasteiger partial charge in [-0.05, 0) is 124 Å². The second-order valence-corrected chi connectivity index (χ2v) is 17.1. The number of hydrogen-bond donors (Lipinski definition) is 0. The molecule has 5 aromatic rings. The molecule has 0 unspecified atom stereocenters. The number of esters is 2. The Labute approximate surface area is 341 Å². The summed E-state index contributed by atoms with van der Waals surface area (Å²) < 4.78 is 26.2. The van der Waals surface area contributed by atoms with Crippen molar-refractivity contribution in [2.45, 2.75) is 116 Å². The number of carbonyl (C=O) groups excluding carboxylic acids is 2. The fourth-order valence-electron chi connectivity index (χ4n) is 9.52. The smallest absolute Gasteiger partial charge is 0.336 e. The Balaban J connectivity index is 1.18. The van der Waals surface area contributed by atoms with E-state index in [2.05, 4.69) is 72.8 Å². The Kier molecular flexibility index (Phi) is 11.7. The van der Waals surface area contributed by atoms with E-state index in [1.54, 1.807) is 6.07 Å². The molecule has 4 heterocycles. The molecule has 2 bridgehead atoms. The normalized spacial score (nSPS) is 23.0. The fourth-order valence-corrected chi connectivity index (χ4v) is 9.52. The minimum atomic E-state index is -1.07. The van der Waals surface area contributed by atoms with E-state index in [-0.39, 0.29) is 23.8 Å². The van der Waals surface area contributed by atoms with Gasteiger partial charge < -0.3 is 18.6 Å². The Bertz CT molecular complexity index is 2350. The summed E-state index contributed by atoms with van der Waals surface area (Å²) in [5.74, 6) is -0.358. The van der Waals surface area contributed by atoms with Crippen molar-refractivity contribution in [3.05, 3.63) is 158 Å². The molecule has 0 saturated heterocycles. The van der Waals surface area contributed by atoms with Crippen LogP contribution < -0.4 is 10.4 Å². The molecule has 4 aliphatic rings. The summed E-state index contributed by atoms with van der Waals surface area (Å²) in [5.41, 5.74) is 6.66. The highest BCUT2D eigenvalue weighted by molar-refractivity contribution is 5.90. The summed E-state index contributed by atoms with van der Waals surface area (Å²) in [5, 5.41) is 0.664. The van der Waals surface area contributed by atoms with Gasteiger partial charge >= 0.3 is 17.6 Å². The largest absolute Gasteiger partial charge is 0.483 e. The standard InChI is InChI=1S/C51H54O7/c1-33(2)42-26-23-34-17-19-37(20-18-34)31-39(22-21-36-13-10-14-38(30-36)29-35-11-6-4-7-12-35)32-45(53)56-48-46-43(27-24-40-25-28-44(52)55-47(40)46)58-51(3,49(48)57-50(42)54)41-15-8-5-9-16-41/h4,6-7,10-14,17-20,24-25,27-28,30,39,41,48-49H,5,8-9,15-16,21-23,26,29,31-32H2,1-3H3/t39-,48-,49-,51-/m0/s1. The van der Waals surface area contributed by atoms with Crippen molar-refractivity contribution in [1.82, 2.24) is 0 Å². The lowest BCUT2D eigenvalue weighted by molar-refractivity contribution is -0.201. The van der Waals surface area contributed by atoms with Crippen molar-refractivity contribution in [3.8, 4) is 5.75 Å². The van der Waals surface area contributed by atoms with Gasteiger partial charge in [-0.1, -0.05) is 104 Å². The third kappa shape index (κ3) is 8.69. The molecule has 0 N–H and O–H groups in total. The second kappa shape index (κ2) is 17.2. The van der Waals surface area contributed by atoms with Crippen LogP contribution in [-0.2, 0) is 44.7 Å². The number of aryl methyl sites for hydroxylation is 2. The highest BCUT2D eigenvalue weighted by Crippen LogP contribution is 2.51. The van der Waals surface area contributed by atoms with E-state index >= 15 is 0 Å². The van der Waals surface area contributed by atoms with E-state index in [1.807, 2.05) is 39.0 Å². The van der Waals surface area contributed by atoms with Crippen molar-refractivity contribution < 1.29 is 28.2 Å². The average Bonchev–Trinajstić information content (AvgIpc) is 3.22. The van der Waals surface area contributed by atoms with Gasteiger partial charge in [-0.2, -0.15) is 0 Å². The van der Waals surface area contributed by atoms with Gasteiger partial charge in [-0.15, -0.1) is 0 Å². The molecule has 9 rings (SSSR count). The maximum atomic E-state index is 14.6. The maximum absolute atomic E-state index is 14.6. The van der Waals surface area contributed by atoms with Crippen LogP contribution in [0, 0.1) is 11.8 Å². The molecule has 0 spiro atoms. The third-order valence-corrected chi connectivity index (χ3v) is 12.8. The first kappa shape index (κ1) is 39.4. The molecule has 4 atom stereocenters. The van der Waals surface area contributed by atoms with Gasteiger partial charge in [0.05, 0.1) is 5.56 Å². The van der Waals surface area contributed by atoms with Crippen molar-refractivity contribution in [3.63, 3.8) is 0 Å². The van der Waals surface area contributed by atoms with Crippen molar-refractivity contribution in [1.29, 1.82) is 0 Å². The van der Waals surface area contributed by atoms with Gasteiger partial charge in [0.15, 0.2) is 12.2 Å². The molecule has 1 aromatic heterocycles. The topological polar surface area (TPSA) is 92.0 Å². The van der Waals surface area contributed by atoms with Gasteiger partial charge in [0.1, 0.15) is 16.9 Å². The molecule has 300 valence electrons. The molecule has 0 amide bonds. The zero-order valence-corrected chi connectivity index (χ0v) is 34.0. The van der Waals surface area contributed by atoms with Crippen LogP contribution in [0.25, 0.3) is 11.0 Å². The van der Waals surface area contributed by atoms with Gasteiger partial charge in [0, 0.05) is 29.4 Å². The third-order valence-electron chi connectivity index (χ3n) is 12.8. The first-order valence-corrected chi connectivity index (χ1v) is 21.1. The van der Waals surface area contributed by atoms with Crippen LogP contribution in [0.2, 0.25) is 0 Å². The fraction of sp³-hybridized carbons (Fsp3) is 0.392. The predicted molar refractivity (Wildman–Crippen MR) is 226 cm³/mol. The van der Waals surface area contributed by atoms with E-state index in [9.17, 15) is 14.4 Å². The van der Waals surface area contributed by atoms with Crippen LogP contribution in [-0.4, -0.2) is 23.6 Å². The lowest BCUT2D eigenvalue weighted by Crippen LogP contribution is -2.58. The van der Waals surface area contributed by atoms with Gasteiger partial charge in [0.25, 0.3) is 0 Å². The van der Waals surface area contributed by atoms with Gasteiger partial charge in [-0.25, -0.2) is 9.59 Å². The maximum Gasteiger partial charge on any atom is 0.336 e. The molecule has 7 heteroatoms. The summed E-state index contributed by atoms with van der Waals surface area (Å²) in [6.07, 6.45) is 7.39. The second-order valence-electron chi connectivity index (χ2n) is 17.1. The minimum Gasteiger partial charge on any atom is -0.483 e. The van der Waals surface area contributed by atoms with E-state index in [4.69, 9.17) is 18.6 Å². The number of hydrogen-bond acceptors (Lipinski definition) is 7. The van der Waals surface area contributed by atoms with Gasteiger partial charge in [-0.3, -0.25) is 4.79 Å². The van der Waals surface area contributed by atoms with Crippen LogP contribution in [0.1, 0.15) is 112 Å². The Morgan fingerprint density at radius 2 is 1.45 bits per heavy atom. The monoisotopic (exact) mass is 778 g/mol. The minimum absolute atomic E-state index is 0.0307. The van der Waals surface area contributed by atoms with Crippen molar-refractivity contribution in [2.24, 2.45) is 11.8 Å². The number of fused-ring (bicyclic) bond motifs is 13. The molecule has 1 fully saturated rings. The Morgan fingerprint density at radius 3 is 2.22 bits per heavy atom. The summed E-state index contributed by atoms with van der Waals surface area (Å²) in [7, 11) is 0. The van der Waals surface area contributed by atoms with Crippen LogP contribution in [0.15, 0.2) is 123 Å². The zero-order valence-electron chi connectivity index (χ0n) is 34.0. The summed E-state index contributed by atoms with van der Waals surface area (Å²) in [6, 6.07) is 34.6. The summed E-state index contributed by atoms with van der Waals surface area (Å²) in [4.78, 5) is 41.9. The molecular formula is C51H54O7. The molecular weight excluding hydrogens is 725 g/mol. The highest BCUT2D eigenvalue weighted by Gasteiger charge is 2.56. The predicted octanol–water partition coefficient (Wildman–Crippen LogP) is 10.8. The zero-order chi connectivity index (χ0) is 40.2. The molecule has 1 aliphatic carbocycles. The van der Waals surface area contributed by atoms with E-state index in [1.165, 1.54) is 22.8 Å². The lowest BCUT2D eigenvalue weighted by atomic mass is 9.71. The molecule has 3 aliphatic heterocycles. The van der Waals surface area contributed by atoms with Gasteiger partial charge in [0.2, 0.25) is 0 Å². The Hall–Kier alpha value is -5.43. The van der Waals surface area contributed by atoms with E-state index < -0.39 is 35.4 Å². The summed E-state index contributed by atoms with van der Waals surface area (Å²) >= 11 is 0. The average molecular weight is 779 g/mol. The molecule has 4 aromatic carbocycles. The van der Waals surface area contributed by atoms with Crippen LogP contribution in [0.5, 0.6) is 5.75 Å². The number of allylic oxidation sites excluding steroid dienone is 1. The van der Waals surface area contributed by atoms with Crippen LogP contribution in [0.3, 0.4) is 0 Å². The SMILES string of the molecule is CC(C)=C1CCc2ccc(cc2)C[C@H](CCc2cccc(Cc3ccccc3)c2)CC(=O)O[C@H]2c3c(ccc4ccc(=O)oc34)O[C@@](C)(C3CCCCC3)[C@H]2OC1=O. The Morgan fingerprint density at radius 1 is 0.724 bits per heavy atom. The van der Waals surface area contributed by atoms with E-state index in [0.29, 0.717) is 41.5 Å². The van der Waals surface area contributed by atoms with Crippen molar-refractivity contribution in [2.75, 3.05) is 0 Å². The number of ether oxygens (including phenoxy) is 3. The molecule has 58 heavy (non-hydrogen) atoms. The number of carbonyl (C=O) groups is 2. The first-order valence-electron chi connectivity index (χ1n) is 21.1. The van der Waals surface area contributed by atoms with Crippen molar-refractivity contribution >= 4 is 22.9 Å². The molecule has 7 nitrogen and oxygen atoms in total. The van der Waals surface area contributed by atoms with Crippen LogP contribution in [0.4, 0.5) is 0 Å². The highest BCUT2D eigenvalue weighted by atomic mass is 16.6. The summed E-state index contributed by atoms with van der Waals surface area (Å²) in [6.45, 7) is 5.88. The first-order chi connectivity index (χ1) is 28.1. The molecule has 1 saturated carbocycles. The number of benzene rings is 4. The van der Waals surface area contributed by atoms with Crippen LogP contribution >= 0.6 is 0 Å².